The van der Waals surface area contributed by atoms with Gasteiger partial charge in [0.15, 0.2) is 0 Å². The van der Waals surface area contributed by atoms with E-state index in [4.69, 9.17) is 0 Å². The van der Waals surface area contributed by atoms with Crippen molar-refractivity contribution >= 4 is 29.3 Å². The number of thiophene rings is 1. The molecule has 0 aliphatic rings. The van der Waals surface area contributed by atoms with Crippen LogP contribution in [0.5, 0.6) is 0 Å². The molecule has 0 fully saturated rings. The summed E-state index contributed by atoms with van der Waals surface area (Å²) in [4.78, 5) is 4.57. The molecule has 2 rings (SSSR count). The van der Waals surface area contributed by atoms with Crippen LogP contribution in [0.25, 0.3) is 6.08 Å². The minimum Gasteiger partial charge on any atom is -0.859 e. The number of rotatable bonds is 3. The van der Waals surface area contributed by atoms with E-state index in [0.717, 1.165) is 4.88 Å². The Labute approximate surface area is 89.0 Å². The van der Waals surface area contributed by atoms with E-state index in [0.29, 0.717) is 0 Å². The molecule has 0 amide bonds. The first-order valence-electron chi connectivity index (χ1n) is 4.05. The molecule has 15 heavy (non-hydrogen) atoms. The van der Waals surface area contributed by atoms with Gasteiger partial charge in [0.2, 0.25) is 0 Å². The largest absolute Gasteiger partial charge is 0.859 e. The molecule has 0 unspecified atom stereocenters. The minimum atomic E-state index is -0.412. The monoisotopic (exact) mass is 220 g/mol. The molecule has 0 radical (unpaired) electrons. The summed E-state index contributed by atoms with van der Waals surface area (Å²) in [5.41, 5.74) is 0. The van der Waals surface area contributed by atoms with Gasteiger partial charge in [0, 0.05) is 4.88 Å². The van der Waals surface area contributed by atoms with Gasteiger partial charge in [-0.3, -0.25) is 0 Å². The average Bonchev–Trinajstić information content (AvgIpc) is 2.86. The number of aliphatic imine (C=N–C) groups is 1. The molecule has 7 heteroatoms. The number of tetrazole rings is 1. The number of hydrogen-bond donors (Lipinski definition) is 1. The van der Waals surface area contributed by atoms with E-state index in [-0.39, 0.29) is 5.95 Å². The van der Waals surface area contributed by atoms with Crippen molar-refractivity contribution in [1.82, 2.24) is 20.6 Å². The third kappa shape index (κ3) is 2.71. The molecule has 2 heterocycles. The first kappa shape index (κ1) is 9.53. The fourth-order valence-electron chi connectivity index (χ4n) is 0.879. The maximum Gasteiger partial charge on any atom is 0.288 e. The molecule has 76 valence electrons. The predicted octanol–water partition coefficient (Wildman–Crippen LogP) is 0.365. The summed E-state index contributed by atoms with van der Waals surface area (Å²) in [5, 5.41) is 25.7. The summed E-state index contributed by atoms with van der Waals surface area (Å²) in [5.74, 6) is -0.374. The lowest BCUT2D eigenvalue weighted by atomic mass is 10.4. The normalized spacial score (nSPS) is 12.4. The van der Waals surface area contributed by atoms with Gasteiger partial charge in [-0.2, -0.15) is 5.21 Å². The topological polar surface area (TPSA) is 89.9 Å². The fraction of sp³-hybridized carbons (Fsp3) is 0. The van der Waals surface area contributed by atoms with Crippen molar-refractivity contribution in [3.63, 3.8) is 0 Å². The number of hydrogen-bond acceptors (Lipinski definition) is 6. The van der Waals surface area contributed by atoms with Gasteiger partial charge in [-0.1, -0.05) is 11.2 Å². The van der Waals surface area contributed by atoms with Crippen LogP contribution >= 0.6 is 11.3 Å². The fourth-order valence-corrected chi connectivity index (χ4v) is 1.50. The van der Waals surface area contributed by atoms with Crippen molar-refractivity contribution in [2.45, 2.75) is 0 Å². The number of nitrogens with one attached hydrogen (secondary N) is 1. The van der Waals surface area contributed by atoms with E-state index in [1.807, 2.05) is 17.5 Å². The zero-order chi connectivity index (χ0) is 10.5. The van der Waals surface area contributed by atoms with Gasteiger partial charge < -0.3 is 5.11 Å². The van der Waals surface area contributed by atoms with Crippen molar-refractivity contribution in [3.8, 4) is 0 Å². The molecule has 0 bridgehead atoms. The minimum absolute atomic E-state index is 0.0378. The van der Waals surface area contributed by atoms with Gasteiger partial charge in [0.25, 0.3) is 5.95 Å². The Hall–Kier alpha value is -2.02. The zero-order valence-electron chi connectivity index (χ0n) is 7.49. The van der Waals surface area contributed by atoms with E-state index < -0.39 is 5.90 Å². The molecule has 0 spiro atoms. The Balaban J connectivity index is 2.06. The molecule has 0 aromatic carbocycles. The van der Waals surface area contributed by atoms with E-state index >= 15 is 0 Å². The summed E-state index contributed by atoms with van der Waals surface area (Å²) in [6.07, 6.45) is 3.05. The van der Waals surface area contributed by atoms with Gasteiger partial charge in [-0.05, 0) is 34.7 Å². The quantitative estimate of drug-likeness (QED) is 0.597. The second kappa shape index (κ2) is 4.47. The molecule has 0 aliphatic heterocycles. The van der Waals surface area contributed by atoms with Crippen LogP contribution in [0, 0.1) is 0 Å². The van der Waals surface area contributed by atoms with Crippen molar-refractivity contribution in [2.24, 2.45) is 4.99 Å². The number of aromatic nitrogens is 4. The van der Waals surface area contributed by atoms with Crippen LogP contribution in [-0.2, 0) is 0 Å². The number of H-pyrrole nitrogens is 1. The second-order valence-corrected chi connectivity index (χ2v) is 3.49. The highest BCUT2D eigenvalue weighted by molar-refractivity contribution is 7.10. The molecule has 2 aromatic rings. The number of nitrogens with zero attached hydrogens (tertiary/aromatic N) is 4. The van der Waals surface area contributed by atoms with Crippen molar-refractivity contribution in [3.05, 3.63) is 28.5 Å². The van der Waals surface area contributed by atoms with Crippen LogP contribution in [0.1, 0.15) is 4.88 Å². The molecule has 0 aliphatic carbocycles. The van der Waals surface area contributed by atoms with Gasteiger partial charge in [0.1, 0.15) is 0 Å². The molecule has 2 aromatic heterocycles. The molecule has 0 saturated carbocycles. The van der Waals surface area contributed by atoms with Crippen molar-refractivity contribution in [2.75, 3.05) is 0 Å². The highest BCUT2D eigenvalue weighted by atomic mass is 32.1. The van der Waals surface area contributed by atoms with Crippen LogP contribution in [-0.4, -0.2) is 26.5 Å². The summed E-state index contributed by atoms with van der Waals surface area (Å²) in [7, 11) is 0. The Morgan fingerprint density at radius 2 is 2.53 bits per heavy atom. The van der Waals surface area contributed by atoms with Crippen LogP contribution in [0.3, 0.4) is 0 Å². The highest BCUT2D eigenvalue weighted by Gasteiger charge is 1.90. The van der Waals surface area contributed by atoms with Crippen LogP contribution in [0.2, 0.25) is 0 Å². The zero-order valence-corrected chi connectivity index (χ0v) is 8.31. The summed E-state index contributed by atoms with van der Waals surface area (Å²) >= 11 is 1.54. The van der Waals surface area contributed by atoms with Crippen LogP contribution in [0.15, 0.2) is 28.6 Å². The Kier molecular flexibility index (Phi) is 2.84. The van der Waals surface area contributed by atoms with Crippen LogP contribution < -0.4 is 5.11 Å². The van der Waals surface area contributed by atoms with Crippen molar-refractivity contribution < 1.29 is 5.11 Å². The molecule has 0 saturated heterocycles. The highest BCUT2D eigenvalue weighted by Crippen LogP contribution is 2.10. The molecular formula is C8H6N5OS-. The van der Waals surface area contributed by atoms with E-state index in [1.165, 1.54) is 6.08 Å². The van der Waals surface area contributed by atoms with Gasteiger partial charge in [-0.25, -0.2) is 4.99 Å². The summed E-state index contributed by atoms with van der Waals surface area (Å²) in [6.45, 7) is 0. The lowest BCUT2D eigenvalue weighted by molar-refractivity contribution is -0.211. The maximum absolute atomic E-state index is 11.2. The summed E-state index contributed by atoms with van der Waals surface area (Å²) in [6, 6.07) is 3.81. The average molecular weight is 220 g/mol. The van der Waals surface area contributed by atoms with E-state index in [9.17, 15) is 5.11 Å². The van der Waals surface area contributed by atoms with Crippen molar-refractivity contribution in [1.29, 1.82) is 0 Å². The molecule has 6 nitrogen and oxygen atoms in total. The third-order valence-corrected chi connectivity index (χ3v) is 2.32. The van der Waals surface area contributed by atoms with E-state index in [1.54, 1.807) is 17.4 Å². The second-order valence-electron chi connectivity index (χ2n) is 2.51. The predicted molar refractivity (Wildman–Crippen MR) is 54.6 cm³/mol. The van der Waals surface area contributed by atoms with E-state index in [2.05, 4.69) is 25.6 Å². The smallest absolute Gasteiger partial charge is 0.288 e. The Morgan fingerprint density at radius 3 is 3.20 bits per heavy atom. The summed E-state index contributed by atoms with van der Waals surface area (Å²) < 4.78 is 0. The third-order valence-electron chi connectivity index (χ3n) is 1.48. The first-order chi connectivity index (χ1) is 7.34. The Morgan fingerprint density at radius 1 is 1.60 bits per heavy atom. The van der Waals surface area contributed by atoms with Gasteiger partial charge >= 0.3 is 0 Å². The molecular weight excluding hydrogens is 214 g/mol. The standard InChI is InChI=1S/C8H7N5OS/c14-7(9-8-10-12-13-11-8)4-3-6-2-1-5-15-6/h1-5H,(H2,9,10,11,12,13,14)/p-1/b4-3+. The lowest BCUT2D eigenvalue weighted by Crippen LogP contribution is -2.13. The SMILES string of the molecule is [O-]C(/C=C/c1cccs1)=Nc1nn[nH]n1. The Bertz CT molecular complexity index is 459. The first-order valence-corrected chi connectivity index (χ1v) is 4.93. The molecule has 1 N–H and O–H groups in total. The van der Waals surface area contributed by atoms with Gasteiger partial charge in [0.05, 0.1) is 0 Å². The maximum atomic E-state index is 11.2. The number of aromatic amines is 1. The van der Waals surface area contributed by atoms with Gasteiger partial charge in [-0.15, -0.1) is 16.4 Å². The molecule has 0 atom stereocenters. The van der Waals surface area contributed by atoms with Crippen LogP contribution in [0.4, 0.5) is 5.95 Å². The lowest BCUT2D eigenvalue weighted by Gasteiger charge is -2.00.